The molecule has 0 atom stereocenters. The van der Waals surface area contributed by atoms with Gasteiger partial charge in [-0.05, 0) is 6.07 Å². The summed E-state index contributed by atoms with van der Waals surface area (Å²) in [5.74, 6) is -0.591. The zero-order valence-electron chi connectivity index (χ0n) is 8.59. The molecule has 18 heavy (non-hydrogen) atoms. The highest BCUT2D eigenvalue weighted by Gasteiger charge is 2.15. The van der Waals surface area contributed by atoms with Crippen LogP contribution in [0.15, 0.2) is 18.2 Å². The van der Waals surface area contributed by atoms with Crippen molar-refractivity contribution in [2.45, 2.75) is 4.84 Å². The number of nitrogens with one attached hydrogen (secondary N) is 1. The first kappa shape index (κ1) is 13.0. The Bertz CT molecular complexity index is 629. The number of aromatic nitrogens is 1. The number of rotatable bonds is 3. The molecule has 6 nitrogen and oxygen atoms in total. The van der Waals surface area contributed by atoms with E-state index in [4.69, 9.17) is 23.2 Å². The third-order valence-electron chi connectivity index (χ3n) is 2.01. The Balaban J connectivity index is 2.33. The summed E-state index contributed by atoms with van der Waals surface area (Å²) >= 11 is 11.9. The number of non-ortho nitro benzene ring substituents is 1. The number of nitro groups is 1. The molecule has 2 rings (SSSR count). The van der Waals surface area contributed by atoms with Crippen LogP contribution in [0.5, 0.6) is 0 Å². The van der Waals surface area contributed by atoms with Crippen LogP contribution >= 0.6 is 34.5 Å². The Morgan fingerprint density at radius 3 is 2.83 bits per heavy atom. The Hall–Kier alpha value is -1.44. The maximum atomic E-state index is 11.2. The molecule has 0 aliphatic heterocycles. The van der Waals surface area contributed by atoms with Gasteiger partial charge in [-0.3, -0.25) is 20.2 Å². The lowest BCUT2D eigenvalue weighted by Gasteiger charge is -1.99. The zero-order chi connectivity index (χ0) is 13.3. The zero-order valence-corrected chi connectivity index (χ0v) is 10.9. The van der Waals surface area contributed by atoms with Crippen molar-refractivity contribution >= 4 is 61.5 Å². The number of nitrogens with zero attached hydrogens (tertiary/aromatic N) is 2. The van der Waals surface area contributed by atoms with Crippen LogP contribution in [0.25, 0.3) is 10.2 Å². The van der Waals surface area contributed by atoms with Crippen LogP contribution in [0.4, 0.5) is 10.8 Å². The lowest BCUT2D eigenvalue weighted by Crippen LogP contribution is -2.18. The molecule has 0 bridgehead atoms. The number of benzene rings is 1. The van der Waals surface area contributed by atoms with Gasteiger partial charge in [-0.1, -0.05) is 34.5 Å². The van der Waals surface area contributed by atoms with E-state index in [2.05, 4.69) is 10.3 Å². The molecular weight excluding hydrogens is 301 g/mol. The fraction of sp³-hybridized carbons (Fsp3) is 0.111. The number of anilines is 1. The molecule has 1 aromatic carbocycles. The maximum absolute atomic E-state index is 11.2. The van der Waals surface area contributed by atoms with Crippen molar-refractivity contribution in [3.8, 4) is 0 Å². The second-order valence-corrected chi connectivity index (χ2v) is 5.35. The van der Waals surface area contributed by atoms with Crippen molar-refractivity contribution in [3.05, 3.63) is 28.3 Å². The first-order valence-electron chi connectivity index (χ1n) is 4.61. The number of hydrogen-bond acceptors (Lipinski definition) is 5. The Kier molecular flexibility index (Phi) is 3.65. The molecule has 2 aromatic rings. The highest BCUT2D eigenvalue weighted by atomic mass is 35.5. The molecule has 0 fully saturated rings. The molecule has 0 saturated heterocycles. The maximum Gasteiger partial charge on any atom is 0.270 e. The van der Waals surface area contributed by atoms with Crippen molar-refractivity contribution < 1.29 is 9.72 Å². The van der Waals surface area contributed by atoms with Gasteiger partial charge < -0.3 is 0 Å². The SMILES string of the molecule is O=C(Nc1nc2ccc([N+](=O)[O-])cc2s1)C(Cl)Cl. The average molecular weight is 306 g/mol. The summed E-state index contributed by atoms with van der Waals surface area (Å²) in [4.78, 5) is 24.2. The Labute approximate surface area is 115 Å². The minimum absolute atomic E-state index is 0.0309. The highest BCUT2D eigenvalue weighted by Crippen LogP contribution is 2.29. The number of carbonyl (C=O) groups excluding carboxylic acids is 1. The molecule has 0 radical (unpaired) electrons. The van der Waals surface area contributed by atoms with Gasteiger partial charge in [-0.25, -0.2) is 4.98 Å². The second kappa shape index (κ2) is 5.05. The van der Waals surface area contributed by atoms with Gasteiger partial charge in [0.2, 0.25) is 0 Å². The molecule has 1 amide bonds. The van der Waals surface area contributed by atoms with Gasteiger partial charge in [-0.15, -0.1) is 0 Å². The second-order valence-electron chi connectivity index (χ2n) is 3.22. The van der Waals surface area contributed by atoms with E-state index in [9.17, 15) is 14.9 Å². The van der Waals surface area contributed by atoms with Gasteiger partial charge in [-0.2, -0.15) is 0 Å². The number of amides is 1. The standard InChI is InChI=1S/C9H5Cl2N3O3S/c10-7(11)8(15)13-9-12-5-2-1-4(14(16)17)3-6(5)18-9/h1-3,7H,(H,12,13,15). The molecule has 0 aliphatic rings. The van der Waals surface area contributed by atoms with Crippen LogP contribution in [0.1, 0.15) is 0 Å². The van der Waals surface area contributed by atoms with Crippen molar-refractivity contribution in [2.24, 2.45) is 0 Å². The topological polar surface area (TPSA) is 85.1 Å². The normalized spacial score (nSPS) is 10.8. The molecule has 9 heteroatoms. The summed E-state index contributed by atoms with van der Waals surface area (Å²) in [6, 6.07) is 4.25. The van der Waals surface area contributed by atoms with Crippen LogP contribution in [-0.2, 0) is 4.79 Å². The quantitative estimate of drug-likeness (QED) is 0.536. The Morgan fingerprint density at radius 2 is 2.22 bits per heavy atom. The molecule has 94 valence electrons. The smallest absolute Gasteiger partial charge is 0.270 e. The number of thiazole rings is 1. The van der Waals surface area contributed by atoms with E-state index in [0.29, 0.717) is 15.3 Å². The first-order valence-corrected chi connectivity index (χ1v) is 6.30. The molecule has 1 aromatic heterocycles. The number of hydrogen-bond donors (Lipinski definition) is 1. The minimum Gasteiger partial charge on any atom is -0.300 e. The van der Waals surface area contributed by atoms with Crippen LogP contribution in [-0.4, -0.2) is 20.7 Å². The predicted molar refractivity (Wildman–Crippen MR) is 70.4 cm³/mol. The fourth-order valence-corrected chi connectivity index (χ4v) is 2.25. The van der Waals surface area contributed by atoms with Crippen LogP contribution in [0.3, 0.4) is 0 Å². The van der Waals surface area contributed by atoms with Gasteiger partial charge >= 0.3 is 0 Å². The summed E-state index contributed by atoms with van der Waals surface area (Å²) in [6.45, 7) is 0. The third-order valence-corrected chi connectivity index (χ3v) is 3.34. The van der Waals surface area contributed by atoms with E-state index in [1.54, 1.807) is 0 Å². The summed E-state index contributed by atoms with van der Waals surface area (Å²) in [5.41, 5.74) is 0.526. The van der Waals surface area contributed by atoms with Gasteiger partial charge in [0.15, 0.2) is 9.97 Å². The number of nitro benzene ring substituents is 1. The van der Waals surface area contributed by atoms with Crippen molar-refractivity contribution in [3.63, 3.8) is 0 Å². The monoisotopic (exact) mass is 305 g/mol. The molecular formula is C9H5Cl2N3O3S. The van der Waals surface area contributed by atoms with Crippen LogP contribution < -0.4 is 5.32 Å². The largest absolute Gasteiger partial charge is 0.300 e. The van der Waals surface area contributed by atoms with Crippen molar-refractivity contribution in [1.82, 2.24) is 4.98 Å². The van der Waals surface area contributed by atoms with E-state index >= 15 is 0 Å². The van der Waals surface area contributed by atoms with Crippen LogP contribution in [0.2, 0.25) is 0 Å². The van der Waals surface area contributed by atoms with E-state index in [1.807, 2.05) is 0 Å². The lowest BCUT2D eigenvalue weighted by atomic mass is 10.3. The van der Waals surface area contributed by atoms with E-state index in [-0.39, 0.29) is 5.69 Å². The number of carbonyl (C=O) groups is 1. The fourth-order valence-electron chi connectivity index (χ4n) is 1.24. The van der Waals surface area contributed by atoms with Gasteiger partial charge in [0.25, 0.3) is 11.6 Å². The van der Waals surface area contributed by atoms with Crippen LogP contribution in [0, 0.1) is 10.1 Å². The number of halogens is 2. The molecule has 1 heterocycles. The predicted octanol–water partition coefficient (Wildman–Crippen LogP) is 2.95. The van der Waals surface area contributed by atoms with Gasteiger partial charge in [0.1, 0.15) is 0 Å². The highest BCUT2D eigenvalue weighted by molar-refractivity contribution is 7.22. The molecule has 1 N–H and O–H groups in total. The molecule has 0 aliphatic carbocycles. The summed E-state index contributed by atoms with van der Waals surface area (Å²) in [5, 5.41) is 13.3. The van der Waals surface area contributed by atoms with Gasteiger partial charge in [0, 0.05) is 12.1 Å². The average Bonchev–Trinajstić information content (AvgIpc) is 2.69. The minimum atomic E-state index is -1.19. The van der Waals surface area contributed by atoms with Gasteiger partial charge in [0.05, 0.1) is 15.1 Å². The van der Waals surface area contributed by atoms with Crippen molar-refractivity contribution in [2.75, 3.05) is 5.32 Å². The summed E-state index contributed by atoms with van der Waals surface area (Å²) in [6.07, 6.45) is 0. The molecule has 0 saturated carbocycles. The van der Waals surface area contributed by atoms with E-state index < -0.39 is 15.7 Å². The number of alkyl halides is 2. The summed E-state index contributed by atoms with van der Waals surface area (Å²) in [7, 11) is 0. The van der Waals surface area contributed by atoms with Crippen molar-refractivity contribution in [1.29, 1.82) is 0 Å². The molecule has 0 unspecified atom stereocenters. The molecule has 0 spiro atoms. The first-order chi connectivity index (χ1) is 8.47. The third kappa shape index (κ3) is 2.69. The lowest BCUT2D eigenvalue weighted by molar-refractivity contribution is -0.384. The van der Waals surface area contributed by atoms with E-state index in [0.717, 1.165) is 11.3 Å². The number of fused-ring (bicyclic) bond motifs is 1. The van der Waals surface area contributed by atoms with E-state index in [1.165, 1.54) is 18.2 Å². The summed E-state index contributed by atoms with van der Waals surface area (Å²) < 4.78 is 0.597. The Morgan fingerprint density at radius 1 is 1.50 bits per heavy atom.